The minimum absolute atomic E-state index is 0.241. The smallest absolute Gasteiger partial charge is 0.255 e. The molecule has 0 heterocycles. The molecule has 0 radical (unpaired) electrons. The van der Waals surface area contributed by atoms with E-state index in [9.17, 15) is 18.0 Å². The molecular formula is C16H17N3O4S. The summed E-state index contributed by atoms with van der Waals surface area (Å²) in [7, 11) is -3.47. The van der Waals surface area contributed by atoms with E-state index in [1.165, 1.54) is 13.0 Å². The summed E-state index contributed by atoms with van der Waals surface area (Å²) in [5.41, 5.74) is 1.43. The summed E-state index contributed by atoms with van der Waals surface area (Å²) in [6, 6.07) is 12.9. The van der Waals surface area contributed by atoms with E-state index in [4.69, 9.17) is 0 Å². The Morgan fingerprint density at radius 1 is 0.917 bits per heavy atom. The lowest BCUT2D eigenvalue weighted by Crippen LogP contribution is -2.16. The molecule has 8 heteroatoms. The standard InChI is InChI=1S/C16H17N3O4S/c1-11(20)17-13-7-5-6-12(10-13)16(21)18-14-8-3-4-9-15(14)19-24(2,22)23/h3-10,19H,1-2H3,(H,17,20)(H,18,21). The van der Waals surface area contributed by atoms with E-state index in [2.05, 4.69) is 15.4 Å². The Morgan fingerprint density at radius 2 is 1.58 bits per heavy atom. The highest BCUT2D eigenvalue weighted by Gasteiger charge is 2.12. The molecule has 3 N–H and O–H groups in total. The average Bonchev–Trinajstić information content (AvgIpc) is 2.47. The van der Waals surface area contributed by atoms with Gasteiger partial charge in [-0.05, 0) is 30.3 Å². The van der Waals surface area contributed by atoms with Gasteiger partial charge in [0.1, 0.15) is 0 Å². The second-order valence-electron chi connectivity index (χ2n) is 5.14. The Kier molecular flexibility index (Phi) is 5.20. The van der Waals surface area contributed by atoms with Gasteiger partial charge < -0.3 is 10.6 Å². The SMILES string of the molecule is CC(=O)Nc1cccc(C(=O)Nc2ccccc2NS(C)(=O)=O)c1. The zero-order valence-electron chi connectivity index (χ0n) is 13.2. The molecule has 7 nitrogen and oxygen atoms in total. The number of nitrogens with one attached hydrogen (secondary N) is 3. The summed E-state index contributed by atoms with van der Waals surface area (Å²) in [5, 5.41) is 5.25. The van der Waals surface area contributed by atoms with Gasteiger partial charge in [-0.15, -0.1) is 0 Å². The maximum Gasteiger partial charge on any atom is 0.255 e. The van der Waals surface area contributed by atoms with E-state index in [-0.39, 0.29) is 11.6 Å². The zero-order chi connectivity index (χ0) is 17.7. The van der Waals surface area contributed by atoms with Gasteiger partial charge in [0.25, 0.3) is 5.91 Å². The van der Waals surface area contributed by atoms with Crippen LogP contribution in [-0.4, -0.2) is 26.5 Å². The van der Waals surface area contributed by atoms with Crippen LogP contribution in [0.1, 0.15) is 17.3 Å². The van der Waals surface area contributed by atoms with Crippen molar-refractivity contribution in [3.05, 3.63) is 54.1 Å². The summed E-state index contributed by atoms with van der Waals surface area (Å²) < 4.78 is 25.1. The molecule has 0 aliphatic carbocycles. The van der Waals surface area contributed by atoms with Gasteiger partial charge in [0.05, 0.1) is 17.6 Å². The van der Waals surface area contributed by atoms with Gasteiger partial charge >= 0.3 is 0 Å². The van der Waals surface area contributed by atoms with Crippen molar-refractivity contribution in [2.45, 2.75) is 6.92 Å². The molecule has 0 spiro atoms. The van der Waals surface area contributed by atoms with Crippen LogP contribution in [0.25, 0.3) is 0 Å². The molecule has 2 amide bonds. The number of sulfonamides is 1. The van der Waals surface area contributed by atoms with Gasteiger partial charge in [0.15, 0.2) is 0 Å². The minimum Gasteiger partial charge on any atom is -0.326 e. The number of carbonyl (C=O) groups is 2. The number of anilines is 3. The van der Waals surface area contributed by atoms with Crippen LogP contribution in [-0.2, 0) is 14.8 Å². The Bertz CT molecular complexity index is 878. The predicted molar refractivity (Wildman–Crippen MR) is 93.6 cm³/mol. The van der Waals surface area contributed by atoms with Gasteiger partial charge in [-0.2, -0.15) is 0 Å². The van der Waals surface area contributed by atoms with Crippen molar-refractivity contribution in [3.8, 4) is 0 Å². The molecule has 0 saturated carbocycles. The van der Waals surface area contributed by atoms with Crippen LogP contribution in [0.15, 0.2) is 48.5 Å². The van der Waals surface area contributed by atoms with Crippen molar-refractivity contribution < 1.29 is 18.0 Å². The van der Waals surface area contributed by atoms with Gasteiger partial charge in [0.2, 0.25) is 15.9 Å². The number of rotatable bonds is 5. The van der Waals surface area contributed by atoms with Crippen molar-refractivity contribution >= 4 is 38.9 Å². The third-order valence-corrected chi connectivity index (χ3v) is 3.51. The molecule has 0 unspecified atom stereocenters. The highest BCUT2D eigenvalue weighted by Crippen LogP contribution is 2.23. The summed E-state index contributed by atoms with van der Waals surface area (Å²) >= 11 is 0. The normalized spacial score (nSPS) is 10.8. The van der Waals surface area contributed by atoms with Crippen molar-refractivity contribution in [1.82, 2.24) is 0 Å². The van der Waals surface area contributed by atoms with Crippen LogP contribution < -0.4 is 15.4 Å². The van der Waals surface area contributed by atoms with Crippen molar-refractivity contribution in [2.75, 3.05) is 21.6 Å². The second kappa shape index (κ2) is 7.14. The molecular weight excluding hydrogens is 330 g/mol. The lowest BCUT2D eigenvalue weighted by molar-refractivity contribution is -0.114. The van der Waals surface area contributed by atoms with Gasteiger partial charge in [-0.3, -0.25) is 14.3 Å². The van der Waals surface area contributed by atoms with Gasteiger partial charge in [-0.1, -0.05) is 18.2 Å². The number of carbonyl (C=O) groups excluding carboxylic acids is 2. The van der Waals surface area contributed by atoms with Crippen LogP contribution in [0, 0.1) is 0 Å². The van der Waals surface area contributed by atoms with Crippen LogP contribution in [0.2, 0.25) is 0 Å². The Labute approximate surface area is 140 Å². The largest absolute Gasteiger partial charge is 0.326 e. The summed E-state index contributed by atoms with van der Waals surface area (Å²) in [6.07, 6.45) is 1.03. The fourth-order valence-corrected chi connectivity index (χ4v) is 2.59. The lowest BCUT2D eigenvalue weighted by Gasteiger charge is -2.12. The van der Waals surface area contributed by atoms with E-state index in [1.54, 1.807) is 42.5 Å². The number of benzene rings is 2. The van der Waals surface area contributed by atoms with E-state index in [0.29, 0.717) is 16.9 Å². The molecule has 0 aliphatic heterocycles. The third kappa shape index (κ3) is 5.10. The highest BCUT2D eigenvalue weighted by molar-refractivity contribution is 7.92. The molecule has 0 bridgehead atoms. The van der Waals surface area contributed by atoms with Crippen molar-refractivity contribution in [1.29, 1.82) is 0 Å². The molecule has 0 aromatic heterocycles. The average molecular weight is 347 g/mol. The summed E-state index contributed by atoms with van der Waals surface area (Å²) in [6.45, 7) is 1.37. The van der Waals surface area contributed by atoms with Crippen LogP contribution in [0.4, 0.5) is 17.1 Å². The third-order valence-electron chi connectivity index (χ3n) is 2.92. The fraction of sp³-hybridized carbons (Fsp3) is 0.125. The summed E-state index contributed by atoms with van der Waals surface area (Å²) in [4.78, 5) is 23.5. The Balaban J connectivity index is 2.23. The maximum atomic E-state index is 12.4. The fourth-order valence-electron chi connectivity index (χ4n) is 2.02. The molecule has 0 fully saturated rings. The molecule has 2 rings (SSSR count). The van der Waals surface area contributed by atoms with Crippen LogP contribution >= 0.6 is 0 Å². The minimum atomic E-state index is -3.47. The Morgan fingerprint density at radius 3 is 2.21 bits per heavy atom. The zero-order valence-corrected chi connectivity index (χ0v) is 14.0. The quantitative estimate of drug-likeness (QED) is 0.771. The van der Waals surface area contributed by atoms with E-state index in [1.807, 2.05) is 0 Å². The number of para-hydroxylation sites is 2. The van der Waals surface area contributed by atoms with E-state index >= 15 is 0 Å². The first-order valence-electron chi connectivity index (χ1n) is 7.00. The number of amides is 2. The molecule has 126 valence electrons. The van der Waals surface area contributed by atoms with Crippen molar-refractivity contribution in [2.24, 2.45) is 0 Å². The van der Waals surface area contributed by atoms with E-state index < -0.39 is 15.9 Å². The van der Waals surface area contributed by atoms with Crippen LogP contribution in [0.3, 0.4) is 0 Å². The lowest BCUT2D eigenvalue weighted by atomic mass is 10.1. The molecule has 24 heavy (non-hydrogen) atoms. The maximum absolute atomic E-state index is 12.4. The summed E-state index contributed by atoms with van der Waals surface area (Å²) in [5.74, 6) is -0.666. The van der Waals surface area contributed by atoms with Gasteiger partial charge in [0, 0.05) is 18.2 Å². The first-order chi connectivity index (χ1) is 11.2. The molecule has 0 aliphatic rings. The molecule has 2 aromatic carbocycles. The number of hydrogen-bond acceptors (Lipinski definition) is 4. The van der Waals surface area contributed by atoms with Gasteiger partial charge in [-0.25, -0.2) is 8.42 Å². The monoisotopic (exact) mass is 347 g/mol. The highest BCUT2D eigenvalue weighted by atomic mass is 32.2. The first-order valence-corrected chi connectivity index (χ1v) is 8.89. The first kappa shape index (κ1) is 17.5. The molecule has 2 aromatic rings. The van der Waals surface area contributed by atoms with E-state index in [0.717, 1.165) is 6.26 Å². The molecule has 0 saturated heterocycles. The topological polar surface area (TPSA) is 104 Å². The predicted octanol–water partition coefficient (Wildman–Crippen LogP) is 2.27. The Hall–Kier alpha value is -2.87. The molecule has 0 atom stereocenters. The number of hydrogen-bond donors (Lipinski definition) is 3. The van der Waals surface area contributed by atoms with Crippen LogP contribution in [0.5, 0.6) is 0 Å². The van der Waals surface area contributed by atoms with Crippen molar-refractivity contribution in [3.63, 3.8) is 0 Å². The second-order valence-corrected chi connectivity index (χ2v) is 6.88.